The number of aromatic nitrogens is 2. The minimum absolute atomic E-state index is 0.0224. The maximum Gasteiger partial charge on any atom is 0.224 e. The number of benzene rings is 1. The SMILES string of the molecule is CC[C@H](C)[C@H](CC(=O)[C@H](CC(N)=O)NC(=O)[C@H](CCCN=C(N)N)CC(=O)[C@@H](C)CC(C)C)C(=O)N[C@H](C(=O)C[C@@H](Cc1cc[nH]c1)C(=O)N[C@@H](Cc1c[nH]c2ccccc12)C(=O)C[C@@H](CC(N)=O)C(N)=O)[C@@H](C)CC. The van der Waals surface area contributed by atoms with Gasteiger partial charge in [-0.2, -0.15) is 0 Å². The predicted octanol–water partition coefficient (Wildman–Crippen LogP) is 3.10. The lowest BCUT2D eigenvalue weighted by Gasteiger charge is -2.30. The van der Waals surface area contributed by atoms with E-state index in [9.17, 15) is 47.9 Å². The molecule has 2 heterocycles. The number of guanidine groups is 1. The summed E-state index contributed by atoms with van der Waals surface area (Å²) in [5.74, 6) is -11.9. The highest BCUT2D eigenvalue weighted by Gasteiger charge is 2.38. The van der Waals surface area contributed by atoms with E-state index in [-0.39, 0.29) is 55.8 Å². The van der Waals surface area contributed by atoms with Crippen molar-refractivity contribution in [3.05, 3.63) is 60.0 Å². The number of nitrogens with one attached hydrogen (secondary N) is 5. The Labute approximate surface area is 445 Å². The number of nitrogens with zero attached hydrogens (tertiary/aromatic N) is 1. The Morgan fingerprint density at radius 1 is 0.605 bits per heavy atom. The molecular weight excluding hydrogens is 975 g/mol. The average Bonchev–Trinajstić information content (AvgIpc) is 4.03. The van der Waals surface area contributed by atoms with Crippen LogP contribution in [0.4, 0.5) is 0 Å². The fourth-order valence-corrected chi connectivity index (χ4v) is 9.48. The van der Waals surface area contributed by atoms with Gasteiger partial charge in [0.15, 0.2) is 23.3 Å². The minimum Gasteiger partial charge on any atom is -0.370 e. The van der Waals surface area contributed by atoms with Gasteiger partial charge in [0.2, 0.25) is 35.4 Å². The van der Waals surface area contributed by atoms with Crippen molar-refractivity contribution >= 4 is 75.4 Å². The van der Waals surface area contributed by atoms with Crippen LogP contribution < -0.4 is 44.6 Å². The number of hydrogen-bond donors (Lipinski definition) is 10. The Bertz CT molecular complexity index is 2500. The fraction of sp³-hybridized carbons (Fsp3) is 0.582. The van der Waals surface area contributed by atoms with E-state index in [2.05, 4.69) is 30.9 Å². The van der Waals surface area contributed by atoms with Gasteiger partial charge in [0.05, 0.1) is 30.5 Å². The lowest BCUT2D eigenvalue weighted by molar-refractivity contribution is -0.137. The summed E-state index contributed by atoms with van der Waals surface area (Å²) in [5, 5.41) is 9.20. The molecule has 6 amide bonds. The maximum absolute atomic E-state index is 14.7. The highest BCUT2D eigenvalue weighted by molar-refractivity contribution is 5.99. The molecule has 0 saturated carbocycles. The monoisotopic (exact) mass is 1060 g/mol. The van der Waals surface area contributed by atoms with Crippen molar-refractivity contribution < 1.29 is 47.9 Å². The predicted molar refractivity (Wildman–Crippen MR) is 289 cm³/mol. The van der Waals surface area contributed by atoms with Crippen LogP contribution in [0, 0.1) is 47.3 Å². The van der Waals surface area contributed by atoms with Gasteiger partial charge in [-0.1, -0.05) is 79.5 Å². The molecule has 418 valence electrons. The molecule has 15 N–H and O–H groups in total. The van der Waals surface area contributed by atoms with Crippen LogP contribution in [0.2, 0.25) is 0 Å². The summed E-state index contributed by atoms with van der Waals surface area (Å²) >= 11 is 0. The van der Waals surface area contributed by atoms with Gasteiger partial charge < -0.3 is 54.6 Å². The Kier molecular flexibility index (Phi) is 25.7. The summed E-state index contributed by atoms with van der Waals surface area (Å²) in [4.78, 5) is 146. The number of fused-ring (bicyclic) bond motifs is 1. The molecule has 0 fully saturated rings. The number of para-hydroxylation sites is 1. The molecule has 0 aliphatic carbocycles. The number of aromatic amines is 2. The minimum atomic E-state index is -1.44. The lowest BCUT2D eigenvalue weighted by atomic mass is 9.83. The van der Waals surface area contributed by atoms with E-state index in [1.807, 2.05) is 52.0 Å². The number of ketones is 4. The van der Waals surface area contributed by atoms with E-state index >= 15 is 0 Å². The third-order valence-electron chi connectivity index (χ3n) is 14.3. The largest absolute Gasteiger partial charge is 0.370 e. The second kappa shape index (κ2) is 31.0. The first-order chi connectivity index (χ1) is 35.8. The second-order valence-corrected chi connectivity index (χ2v) is 21.0. The van der Waals surface area contributed by atoms with Gasteiger partial charge in [0, 0.05) is 98.2 Å². The van der Waals surface area contributed by atoms with Gasteiger partial charge in [-0.3, -0.25) is 52.9 Å². The number of carbonyl (C=O) groups is 10. The molecular formula is C55H83N11O10. The van der Waals surface area contributed by atoms with Gasteiger partial charge in [-0.05, 0) is 66.7 Å². The van der Waals surface area contributed by atoms with E-state index in [0.717, 1.165) is 10.9 Å². The third-order valence-corrected chi connectivity index (χ3v) is 14.3. The van der Waals surface area contributed by atoms with Gasteiger partial charge in [-0.25, -0.2) is 0 Å². The van der Waals surface area contributed by atoms with Crippen molar-refractivity contribution in [2.45, 2.75) is 150 Å². The van der Waals surface area contributed by atoms with Crippen molar-refractivity contribution in [1.82, 2.24) is 25.9 Å². The van der Waals surface area contributed by atoms with Gasteiger partial charge in [-0.15, -0.1) is 0 Å². The Morgan fingerprint density at radius 3 is 1.80 bits per heavy atom. The van der Waals surface area contributed by atoms with Crippen LogP contribution in [0.5, 0.6) is 0 Å². The first-order valence-electron chi connectivity index (χ1n) is 26.4. The van der Waals surface area contributed by atoms with E-state index < -0.39 is 139 Å². The van der Waals surface area contributed by atoms with Gasteiger partial charge in [0.25, 0.3) is 0 Å². The summed E-state index contributed by atoms with van der Waals surface area (Å²) in [6.45, 7) is 13.2. The van der Waals surface area contributed by atoms with Crippen LogP contribution in [0.15, 0.2) is 53.9 Å². The van der Waals surface area contributed by atoms with Crippen LogP contribution in [0.25, 0.3) is 10.9 Å². The molecule has 0 unspecified atom stereocenters. The van der Waals surface area contributed by atoms with Crippen molar-refractivity contribution in [2.75, 3.05) is 6.54 Å². The van der Waals surface area contributed by atoms with Crippen molar-refractivity contribution in [2.24, 2.45) is 81.0 Å². The molecule has 76 heavy (non-hydrogen) atoms. The Morgan fingerprint density at radius 2 is 1.21 bits per heavy atom. The van der Waals surface area contributed by atoms with Crippen LogP contribution in [0.3, 0.4) is 0 Å². The number of amides is 6. The number of carbonyl (C=O) groups excluding carboxylic acids is 10. The topological polar surface area (TPSA) is 381 Å². The quantitative estimate of drug-likeness (QED) is 0.0226. The third kappa shape index (κ3) is 20.5. The number of rotatable bonds is 37. The standard InChI is InChI=1S/C55H83N11O10/c1-8-31(5)40(26-46(69)43(27-49(57)72)65-52(74)35(13-12-17-62-55(59)60)22-44(67)33(7)19-30(3)4)54(76)66-50(32(6)9-2)47(70)24-37(20-34-16-18-61-28-34)53(75)64-42(45(68)23-36(51(58)73)25-48(56)71)21-38-29-63-41-15-11-10-14-39(38)41/h10-11,14-16,18,28-33,35-37,40,42-43,50,61,63H,8-9,12-13,17,19-27H2,1-7H3,(H2,56,71)(H2,57,72)(H2,58,73)(H,64,75)(H,65,74)(H,66,76)(H4,59,60,62)/t31-,32-,33-,35+,36-,37+,40-,42-,43-,50-/m0/s1. The van der Waals surface area contributed by atoms with Gasteiger partial charge >= 0.3 is 0 Å². The summed E-state index contributed by atoms with van der Waals surface area (Å²) in [5.41, 5.74) is 29.7. The first-order valence-corrected chi connectivity index (χ1v) is 26.4. The molecule has 1 aromatic carbocycles. The number of nitrogens with two attached hydrogens (primary N) is 5. The molecule has 10 atom stereocenters. The summed E-state index contributed by atoms with van der Waals surface area (Å²) < 4.78 is 0. The number of primary amides is 3. The lowest BCUT2D eigenvalue weighted by Crippen LogP contribution is -2.51. The highest BCUT2D eigenvalue weighted by Crippen LogP contribution is 2.27. The van der Waals surface area contributed by atoms with E-state index in [4.69, 9.17) is 28.7 Å². The van der Waals surface area contributed by atoms with E-state index in [1.54, 1.807) is 45.4 Å². The van der Waals surface area contributed by atoms with Crippen molar-refractivity contribution in [3.63, 3.8) is 0 Å². The van der Waals surface area contributed by atoms with Crippen LogP contribution in [0.1, 0.15) is 130 Å². The van der Waals surface area contributed by atoms with Crippen molar-refractivity contribution in [1.29, 1.82) is 0 Å². The Hall–Kier alpha value is -7.19. The molecule has 0 saturated heterocycles. The number of aliphatic imine (C=N–C) groups is 1. The molecule has 0 spiro atoms. The molecule has 0 aliphatic heterocycles. The molecule has 21 nitrogen and oxygen atoms in total. The molecule has 21 heteroatoms. The molecule has 3 aromatic rings. The fourth-order valence-electron chi connectivity index (χ4n) is 9.48. The molecule has 0 radical (unpaired) electrons. The van der Waals surface area contributed by atoms with Crippen LogP contribution >= 0.6 is 0 Å². The smallest absolute Gasteiger partial charge is 0.224 e. The molecule has 0 bridgehead atoms. The zero-order valence-electron chi connectivity index (χ0n) is 45.3. The summed E-state index contributed by atoms with van der Waals surface area (Å²) in [6, 6.07) is 5.25. The molecule has 0 aliphatic rings. The number of H-pyrrole nitrogens is 2. The maximum atomic E-state index is 14.7. The van der Waals surface area contributed by atoms with Crippen LogP contribution in [-0.4, -0.2) is 99.2 Å². The van der Waals surface area contributed by atoms with E-state index in [0.29, 0.717) is 36.8 Å². The van der Waals surface area contributed by atoms with Crippen LogP contribution in [-0.2, 0) is 60.8 Å². The highest BCUT2D eigenvalue weighted by atomic mass is 16.2. The summed E-state index contributed by atoms with van der Waals surface area (Å²) in [7, 11) is 0. The van der Waals surface area contributed by atoms with Gasteiger partial charge in [0.1, 0.15) is 5.78 Å². The molecule has 2 aromatic heterocycles. The number of hydrogen-bond acceptors (Lipinski definition) is 11. The van der Waals surface area contributed by atoms with E-state index in [1.165, 1.54) is 0 Å². The number of Topliss-reactive ketones (excluding diaryl/α,β-unsaturated/α-hetero) is 4. The van der Waals surface area contributed by atoms with Crippen molar-refractivity contribution in [3.8, 4) is 0 Å². The normalized spacial score (nSPS) is 15.4. The summed E-state index contributed by atoms with van der Waals surface area (Å²) in [6.07, 6.45) is 4.51. The second-order valence-electron chi connectivity index (χ2n) is 21.0. The average molecular weight is 1060 g/mol. The zero-order valence-corrected chi connectivity index (χ0v) is 45.3. The molecule has 3 rings (SSSR count). The first kappa shape index (κ1) is 63.1. The zero-order chi connectivity index (χ0) is 56.8. The Balaban J connectivity index is 1.94.